The quantitative estimate of drug-likeness (QED) is 0.796. The summed E-state index contributed by atoms with van der Waals surface area (Å²) in [6.07, 6.45) is 1.84. The SMILES string of the molecule is COc1ccc(C(=O)N(C)C(C)(C)[C]=O)cc1. The van der Waals surface area contributed by atoms with Crippen molar-refractivity contribution in [2.24, 2.45) is 0 Å². The van der Waals surface area contributed by atoms with Crippen LogP contribution in [0.25, 0.3) is 0 Å². The Morgan fingerprint density at radius 3 is 2.24 bits per heavy atom. The zero-order chi connectivity index (χ0) is 13.1. The third-order valence-electron chi connectivity index (χ3n) is 2.73. The standard InChI is InChI=1S/C13H16NO3/c1-13(2,9-15)14(3)12(16)10-5-7-11(17-4)8-6-10/h5-8H,1-4H3. The van der Waals surface area contributed by atoms with Crippen molar-refractivity contribution >= 4 is 12.2 Å². The zero-order valence-electron chi connectivity index (χ0n) is 10.5. The van der Waals surface area contributed by atoms with Gasteiger partial charge >= 0.3 is 0 Å². The van der Waals surface area contributed by atoms with Crippen molar-refractivity contribution in [3.63, 3.8) is 0 Å². The van der Waals surface area contributed by atoms with Gasteiger partial charge in [-0.25, -0.2) is 0 Å². The van der Waals surface area contributed by atoms with Gasteiger partial charge < -0.3 is 9.64 Å². The molecule has 0 fully saturated rings. The highest BCUT2D eigenvalue weighted by Crippen LogP contribution is 2.16. The van der Waals surface area contributed by atoms with E-state index in [1.807, 2.05) is 6.29 Å². The molecule has 0 heterocycles. The Hall–Kier alpha value is -1.84. The van der Waals surface area contributed by atoms with Crippen molar-refractivity contribution in [1.29, 1.82) is 0 Å². The summed E-state index contributed by atoms with van der Waals surface area (Å²) in [4.78, 5) is 24.2. The van der Waals surface area contributed by atoms with Gasteiger partial charge in [-0.05, 0) is 38.1 Å². The summed E-state index contributed by atoms with van der Waals surface area (Å²) in [6.45, 7) is 3.28. The van der Waals surface area contributed by atoms with E-state index in [-0.39, 0.29) is 5.91 Å². The molecule has 0 bridgehead atoms. The van der Waals surface area contributed by atoms with E-state index in [4.69, 9.17) is 4.74 Å². The molecule has 0 aliphatic heterocycles. The molecular weight excluding hydrogens is 218 g/mol. The molecule has 0 aliphatic rings. The van der Waals surface area contributed by atoms with Gasteiger partial charge in [-0.1, -0.05) is 0 Å². The Kier molecular flexibility index (Phi) is 3.89. The number of carbonyl (C=O) groups excluding carboxylic acids is 2. The summed E-state index contributed by atoms with van der Waals surface area (Å²) in [5.41, 5.74) is -0.423. The molecule has 0 aliphatic carbocycles. The first-order valence-electron chi connectivity index (χ1n) is 5.24. The van der Waals surface area contributed by atoms with Gasteiger partial charge in [-0.15, -0.1) is 0 Å². The minimum Gasteiger partial charge on any atom is -0.497 e. The fourth-order valence-corrected chi connectivity index (χ4v) is 1.25. The van der Waals surface area contributed by atoms with Gasteiger partial charge in [0.05, 0.1) is 7.11 Å². The summed E-state index contributed by atoms with van der Waals surface area (Å²) in [5, 5.41) is 0. The molecule has 1 aromatic rings. The summed E-state index contributed by atoms with van der Waals surface area (Å²) in [6, 6.07) is 6.74. The number of rotatable bonds is 4. The van der Waals surface area contributed by atoms with Crippen LogP contribution in [0.1, 0.15) is 24.2 Å². The average molecular weight is 234 g/mol. The van der Waals surface area contributed by atoms with Crippen molar-refractivity contribution in [3.8, 4) is 5.75 Å². The first kappa shape index (κ1) is 13.2. The Labute approximate surface area is 101 Å². The highest BCUT2D eigenvalue weighted by atomic mass is 16.5. The number of likely N-dealkylation sites (N-methyl/N-ethyl adjacent to an activating group) is 1. The molecule has 0 atom stereocenters. The van der Waals surface area contributed by atoms with Gasteiger partial charge in [0.1, 0.15) is 11.3 Å². The molecule has 4 heteroatoms. The predicted octanol–water partition coefficient (Wildman–Crippen LogP) is 1.66. The Balaban J connectivity index is 2.92. The van der Waals surface area contributed by atoms with Crippen LogP contribution in [0, 0.1) is 0 Å². The number of methoxy groups -OCH3 is 1. The van der Waals surface area contributed by atoms with Crippen molar-refractivity contribution in [2.75, 3.05) is 14.2 Å². The lowest BCUT2D eigenvalue weighted by atomic mass is 10.0. The predicted molar refractivity (Wildman–Crippen MR) is 64.9 cm³/mol. The molecule has 0 unspecified atom stereocenters. The highest BCUT2D eigenvalue weighted by molar-refractivity contribution is 5.96. The fraction of sp³-hybridized carbons (Fsp3) is 0.385. The van der Waals surface area contributed by atoms with E-state index in [9.17, 15) is 9.59 Å². The normalized spacial score (nSPS) is 10.8. The molecule has 91 valence electrons. The van der Waals surface area contributed by atoms with Gasteiger partial charge in [-0.2, -0.15) is 0 Å². The zero-order valence-corrected chi connectivity index (χ0v) is 10.5. The Morgan fingerprint density at radius 1 is 1.29 bits per heavy atom. The third-order valence-corrected chi connectivity index (χ3v) is 2.73. The van der Waals surface area contributed by atoms with Crippen LogP contribution in [0.2, 0.25) is 0 Å². The maximum Gasteiger partial charge on any atom is 0.254 e. The lowest BCUT2D eigenvalue weighted by molar-refractivity contribution is 0.0706. The van der Waals surface area contributed by atoms with Crippen LogP contribution in [-0.4, -0.2) is 36.8 Å². The van der Waals surface area contributed by atoms with Gasteiger partial charge in [0, 0.05) is 12.6 Å². The second-order valence-corrected chi connectivity index (χ2v) is 4.25. The largest absolute Gasteiger partial charge is 0.497 e. The molecule has 0 spiro atoms. The lowest BCUT2D eigenvalue weighted by Crippen LogP contribution is -2.46. The van der Waals surface area contributed by atoms with Crippen LogP contribution >= 0.6 is 0 Å². The Morgan fingerprint density at radius 2 is 1.82 bits per heavy atom. The van der Waals surface area contributed by atoms with E-state index in [1.54, 1.807) is 52.3 Å². The van der Waals surface area contributed by atoms with Crippen molar-refractivity contribution in [3.05, 3.63) is 29.8 Å². The van der Waals surface area contributed by atoms with E-state index in [2.05, 4.69) is 0 Å². The van der Waals surface area contributed by atoms with Gasteiger partial charge in [-0.3, -0.25) is 9.59 Å². The molecule has 1 radical (unpaired) electrons. The van der Waals surface area contributed by atoms with Crippen molar-refractivity contribution in [1.82, 2.24) is 4.90 Å². The fourth-order valence-electron chi connectivity index (χ4n) is 1.25. The third kappa shape index (κ3) is 2.84. The van der Waals surface area contributed by atoms with E-state index >= 15 is 0 Å². The minimum atomic E-state index is -0.934. The molecule has 1 rings (SSSR count). The van der Waals surface area contributed by atoms with E-state index < -0.39 is 5.54 Å². The number of nitrogens with zero attached hydrogens (tertiary/aromatic N) is 1. The molecule has 0 N–H and O–H groups in total. The van der Waals surface area contributed by atoms with Crippen LogP contribution in [0.3, 0.4) is 0 Å². The number of hydrogen-bond acceptors (Lipinski definition) is 3. The topological polar surface area (TPSA) is 46.6 Å². The number of benzene rings is 1. The molecule has 1 aromatic carbocycles. The maximum absolute atomic E-state index is 12.1. The first-order chi connectivity index (χ1) is 7.92. The van der Waals surface area contributed by atoms with Gasteiger partial charge in [0.2, 0.25) is 6.29 Å². The lowest BCUT2D eigenvalue weighted by Gasteiger charge is -2.29. The van der Waals surface area contributed by atoms with E-state index in [0.717, 1.165) is 0 Å². The number of hydrogen-bond donors (Lipinski definition) is 0. The number of ether oxygens (including phenoxy) is 1. The summed E-state index contributed by atoms with van der Waals surface area (Å²) < 4.78 is 5.01. The molecular formula is C13H16NO3. The second-order valence-electron chi connectivity index (χ2n) is 4.25. The number of amides is 1. The summed E-state index contributed by atoms with van der Waals surface area (Å²) in [7, 11) is 3.14. The van der Waals surface area contributed by atoms with Gasteiger partial charge in [0.15, 0.2) is 0 Å². The minimum absolute atomic E-state index is 0.221. The maximum atomic E-state index is 12.1. The summed E-state index contributed by atoms with van der Waals surface area (Å²) in [5.74, 6) is 0.464. The summed E-state index contributed by atoms with van der Waals surface area (Å²) >= 11 is 0. The van der Waals surface area contributed by atoms with Crippen LogP contribution in [0.5, 0.6) is 5.75 Å². The molecule has 0 saturated heterocycles. The highest BCUT2D eigenvalue weighted by Gasteiger charge is 2.28. The molecule has 0 saturated carbocycles. The second kappa shape index (κ2) is 4.99. The molecule has 4 nitrogen and oxygen atoms in total. The molecule has 0 aromatic heterocycles. The molecule has 1 amide bonds. The Bertz CT molecular complexity index is 409. The molecule has 17 heavy (non-hydrogen) atoms. The van der Waals surface area contributed by atoms with E-state index in [1.165, 1.54) is 4.90 Å². The number of carbonyl (C=O) groups is 1. The monoisotopic (exact) mass is 234 g/mol. The van der Waals surface area contributed by atoms with Crippen molar-refractivity contribution in [2.45, 2.75) is 19.4 Å². The van der Waals surface area contributed by atoms with E-state index in [0.29, 0.717) is 11.3 Å². The van der Waals surface area contributed by atoms with Crippen LogP contribution in [-0.2, 0) is 4.79 Å². The van der Waals surface area contributed by atoms with Gasteiger partial charge in [0.25, 0.3) is 5.91 Å². The van der Waals surface area contributed by atoms with Crippen LogP contribution in [0.4, 0.5) is 0 Å². The van der Waals surface area contributed by atoms with Crippen LogP contribution < -0.4 is 4.74 Å². The van der Waals surface area contributed by atoms with Crippen LogP contribution in [0.15, 0.2) is 24.3 Å². The first-order valence-corrected chi connectivity index (χ1v) is 5.24. The average Bonchev–Trinajstić information content (AvgIpc) is 2.37. The van der Waals surface area contributed by atoms with Crippen molar-refractivity contribution < 1.29 is 14.3 Å². The smallest absolute Gasteiger partial charge is 0.254 e.